The van der Waals surface area contributed by atoms with Gasteiger partial charge in [-0.15, -0.1) is 0 Å². The van der Waals surface area contributed by atoms with Gasteiger partial charge in [-0.3, -0.25) is 0 Å². The van der Waals surface area contributed by atoms with E-state index >= 15 is 0 Å². The average Bonchev–Trinajstić information content (AvgIpc) is 2.78. The van der Waals surface area contributed by atoms with Crippen molar-refractivity contribution in [3.63, 3.8) is 0 Å². The minimum Gasteiger partial charge on any atom is -0.397 e. The molecule has 1 aliphatic heterocycles. The lowest BCUT2D eigenvalue weighted by molar-refractivity contribution is 0.107. The average molecular weight is 303 g/mol. The standard InChI is InChI=1S/C12H16BrFN2O/c13-9-6-11(15)12(7-10(9)14)16-4-3-8-2-1-5-17-8/h6-8,16H,1-5,15H2. The van der Waals surface area contributed by atoms with Gasteiger partial charge in [0.05, 0.1) is 22.0 Å². The number of hydrogen-bond donors (Lipinski definition) is 2. The van der Waals surface area contributed by atoms with Gasteiger partial charge in [-0.25, -0.2) is 4.39 Å². The van der Waals surface area contributed by atoms with Crippen LogP contribution >= 0.6 is 15.9 Å². The van der Waals surface area contributed by atoms with E-state index in [9.17, 15) is 4.39 Å². The molecule has 1 aliphatic rings. The lowest BCUT2D eigenvalue weighted by Gasteiger charge is -2.13. The molecule has 1 aromatic carbocycles. The van der Waals surface area contributed by atoms with Gasteiger partial charge >= 0.3 is 0 Å². The van der Waals surface area contributed by atoms with Crippen LogP contribution in [0.4, 0.5) is 15.8 Å². The SMILES string of the molecule is Nc1cc(Br)c(F)cc1NCCC1CCCO1. The van der Waals surface area contributed by atoms with Gasteiger partial charge in [-0.1, -0.05) is 0 Å². The van der Waals surface area contributed by atoms with Crippen LogP contribution in [0.15, 0.2) is 16.6 Å². The van der Waals surface area contributed by atoms with E-state index in [0.29, 0.717) is 22.0 Å². The predicted molar refractivity (Wildman–Crippen MR) is 70.6 cm³/mol. The molecule has 1 unspecified atom stereocenters. The maximum absolute atomic E-state index is 13.3. The summed E-state index contributed by atoms with van der Waals surface area (Å²) in [5, 5.41) is 3.14. The zero-order valence-electron chi connectivity index (χ0n) is 9.51. The van der Waals surface area contributed by atoms with Gasteiger partial charge in [0.1, 0.15) is 5.82 Å². The minimum atomic E-state index is -0.307. The van der Waals surface area contributed by atoms with Gasteiger partial charge in [0.2, 0.25) is 0 Å². The minimum absolute atomic E-state index is 0.307. The first-order valence-corrected chi connectivity index (χ1v) is 6.56. The molecule has 0 spiro atoms. The Morgan fingerprint density at radius 3 is 3.06 bits per heavy atom. The second-order valence-electron chi connectivity index (χ2n) is 4.20. The van der Waals surface area contributed by atoms with Crippen LogP contribution in [-0.2, 0) is 4.74 Å². The third kappa shape index (κ3) is 3.33. The normalized spacial score (nSPS) is 19.5. The molecule has 17 heavy (non-hydrogen) atoms. The van der Waals surface area contributed by atoms with Crippen molar-refractivity contribution >= 4 is 27.3 Å². The van der Waals surface area contributed by atoms with E-state index in [-0.39, 0.29) is 5.82 Å². The molecule has 1 heterocycles. The Bertz CT molecular complexity index is 394. The number of hydrogen-bond acceptors (Lipinski definition) is 3. The van der Waals surface area contributed by atoms with E-state index in [1.807, 2.05) is 0 Å². The molecule has 1 fully saturated rings. The monoisotopic (exact) mass is 302 g/mol. The quantitative estimate of drug-likeness (QED) is 0.840. The Morgan fingerprint density at radius 2 is 2.35 bits per heavy atom. The number of nitrogens with two attached hydrogens (primary N) is 1. The Balaban J connectivity index is 1.87. The van der Waals surface area contributed by atoms with Crippen molar-refractivity contribution in [2.24, 2.45) is 0 Å². The summed E-state index contributed by atoms with van der Waals surface area (Å²) in [5.74, 6) is -0.307. The number of rotatable bonds is 4. The van der Waals surface area contributed by atoms with Crippen molar-refractivity contribution in [1.82, 2.24) is 0 Å². The van der Waals surface area contributed by atoms with Crippen molar-refractivity contribution in [3.05, 3.63) is 22.4 Å². The van der Waals surface area contributed by atoms with Gasteiger partial charge in [0.25, 0.3) is 0 Å². The Hall–Kier alpha value is -0.810. The van der Waals surface area contributed by atoms with Crippen molar-refractivity contribution in [2.75, 3.05) is 24.2 Å². The van der Waals surface area contributed by atoms with Crippen LogP contribution in [0.2, 0.25) is 0 Å². The van der Waals surface area contributed by atoms with Gasteiger partial charge in [-0.2, -0.15) is 0 Å². The summed E-state index contributed by atoms with van der Waals surface area (Å²) in [4.78, 5) is 0. The fraction of sp³-hybridized carbons (Fsp3) is 0.500. The largest absolute Gasteiger partial charge is 0.397 e. The lowest BCUT2D eigenvalue weighted by Crippen LogP contribution is -2.13. The number of halogens is 2. The molecule has 1 atom stereocenters. The van der Waals surface area contributed by atoms with Crippen LogP contribution in [0.1, 0.15) is 19.3 Å². The second-order valence-corrected chi connectivity index (χ2v) is 5.06. The topological polar surface area (TPSA) is 47.3 Å². The summed E-state index contributed by atoms with van der Waals surface area (Å²) >= 11 is 3.10. The molecule has 1 aromatic rings. The fourth-order valence-corrected chi connectivity index (χ4v) is 2.32. The Kier molecular flexibility index (Phi) is 4.23. The maximum Gasteiger partial charge on any atom is 0.139 e. The zero-order valence-corrected chi connectivity index (χ0v) is 11.1. The Morgan fingerprint density at radius 1 is 1.53 bits per heavy atom. The highest BCUT2D eigenvalue weighted by atomic mass is 79.9. The molecule has 1 saturated heterocycles. The van der Waals surface area contributed by atoms with E-state index in [2.05, 4.69) is 21.2 Å². The highest BCUT2D eigenvalue weighted by Gasteiger charge is 2.15. The molecule has 0 amide bonds. The molecule has 2 rings (SSSR count). The van der Waals surface area contributed by atoms with Crippen molar-refractivity contribution < 1.29 is 9.13 Å². The summed E-state index contributed by atoms with van der Waals surface area (Å²) in [5.41, 5.74) is 6.98. The smallest absolute Gasteiger partial charge is 0.139 e. The molecule has 0 radical (unpaired) electrons. The summed E-state index contributed by atoms with van der Waals surface area (Å²) in [6.45, 7) is 1.61. The molecule has 3 N–H and O–H groups in total. The number of ether oxygens (including phenoxy) is 1. The third-order valence-electron chi connectivity index (χ3n) is 2.90. The van der Waals surface area contributed by atoms with E-state index in [1.165, 1.54) is 6.07 Å². The molecule has 0 bridgehead atoms. The summed E-state index contributed by atoms with van der Waals surface area (Å²) in [7, 11) is 0. The van der Waals surface area contributed by atoms with Crippen LogP contribution < -0.4 is 11.1 Å². The van der Waals surface area contributed by atoms with Crippen LogP contribution in [0.3, 0.4) is 0 Å². The third-order valence-corrected chi connectivity index (χ3v) is 3.51. The molecule has 0 aliphatic carbocycles. The van der Waals surface area contributed by atoms with E-state index in [0.717, 1.165) is 32.4 Å². The summed E-state index contributed by atoms with van der Waals surface area (Å²) < 4.78 is 19.2. The zero-order chi connectivity index (χ0) is 12.3. The molecule has 0 saturated carbocycles. The molecular weight excluding hydrogens is 287 g/mol. The summed E-state index contributed by atoms with van der Waals surface area (Å²) in [6, 6.07) is 2.98. The molecular formula is C12H16BrFN2O. The molecule has 3 nitrogen and oxygen atoms in total. The van der Waals surface area contributed by atoms with Gasteiger partial charge < -0.3 is 15.8 Å². The number of benzene rings is 1. The number of nitrogen functional groups attached to an aromatic ring is 1. The molecule has 5 heteroatoms. The maximum atomic E-state index is 13.3. The first-order valence-electron chi connectivity index (χ1n) is 5.77. The predicted octanol–water partition coefficient (Wildman–Crippen LogP) is 3.15. The van der Waals surface area contributed by atoms with E-state index in [4.69, 9.17) is 10.5 Å². The number of anilines is 2. The van der Waals surface area contributed by atoms with Crippen LogP contribution in [0.25, 0.3) is 0 Å². The van der Waals surface area contributed by atoms with Crippen molar-refractivity contribution in [1.29, 1.82) is 0 Å². The fourth-order valence-electron chi connectivity index (χ4n) is 1.96. The second kappa shape index (κ2) is 5.69. The highest BCUT2D eigenvalue weighted by Crippen LogP contribution is 2.26. The molecule has 94 valence electrons. The molecule has 0 aromatic heterocycles. The first-order chi connectivity index (χ1) is 8.16. The lowest BCUT2D eigenvalue weighted by atomic mass is 10.2. The van der Waals surface area contributed by atoms with Gasteiger partial charge in [-0.05, 0) is 41.3 Å². The van der Waals surface area contributed by atoms with E-state index in [1.54, 1.807) is 6.07 Å². The summed E-state index contributed by atoms with van der Waals surface area (Å²) in [6.07, 6.45) is 3.52. The van der Waals surface area contributed by atoms with Crippen LogP contribution in [0, 0.1) is 5.82 Å². The van der Waals surface area contributed by atoms with Crippen molar-refractivity contribution in [2.45, 2.75) is 25.4 Å². The van der Waals surface area contributed by atoms with Gasteiger partial charge in [0.15, 0.2) is 0 Å². The van der Waals surface area contributed by atoms with Crippen LogP contribution in [-0.4, -0.2) is 19.3 Å². The van der Waals surface area contributed by atoms with Crippen LogP contribution in [0.5, 0.6) is 0 Å². The van der Waals surface area contributed by atoms with Gasteiger partial charge in [0, 0.05) is 19.2 Å². The Labute approximate surface area is 109 Å². The highest BCUT2D eigenvalue weighted by molar-refractivity contribution is 9.10. The van der Waals surface area contributed by atoms with Crippen molar-refractivity contribution in [3.8, 4) is 0 Å². The van der Waals surface area contributed by atoms with E-state index < -0.39 is 0 Å². The first kappa shape index (κ1) is 12.6. The number of nitrogens with one attached hydrogen (secondary N) is 1.